The summed E-state index contributed by atoms with van der Waals surface area (Å²) in [4.78, 5) is 19.5. The molecule has 3 atom stereocenters. The van der Waals surface area contributed by atoms with Crippen LogP contribution in [0.25, 0.3) is 0 Å². The molecule has 1 aromatic carbocycles. The van der Waals surface area contributed by atoms with Gasteiger partial charge < -0.3 is 10.2 Å². The van der Waals surface area contributed by atoms with Crippen LogP contribution >= 0.6 is 0 Å². The van der Waals surface area contributed by atoms with Crippen molar-refractivity contribution in [3.63, 3.8) is 0 Å². The standard InChI is InChI=1S/C25H27F4N3O/c26-21-6-2-1-4-16(21)13-30-20-11-18-5-3-8-24(18,12-20)23(33)32-9-7-22-17(15-32)10-19(14-31-22)25(27,28)29/h1-2,4,6,10,14,18,20,30H,3,5,7-9,11-13,15H2. The molecule has 1 aliphatic heterocycles. The summed E-state index contributed by atoms with van der Waals surface area (Å²) >= 11 is 0. The normalized spacial score (nSPS) is 26.8. The predicted molar refractivity (Wildman–Crippen MR) is 114 cm³/mol. The highest BCUT2D eigenvalue weighted by Gasteiger charge is 2.56. The van der Waals surface area contributed by atoms with Crippen LogP contribution in [0.15, 0.2) is 36.5 Å². The SMILES string of the molecule is O=C(N1CCc2ncc(C(F)(F)F)cc2C1)C12CCCC1CC(NCc1ccccc1F)C2. The number of carbonyl (C=O) groups excluding carboxylic acids is 1. The number of rotatable bonds is 4. The minimum atomic E-state index is -4.45. The number of fused-ring (bicyclic) bond motifs is 2. The molecule has 5 rings (SSSR count). The zero-order valence-electron chi connectivity index (χ0n) is 18.3. The first kappa shape index (κ1) is 22.3. The fourth-order valence-electron chi connectivity index (χ4n) is 6.11. The number of nitrogens with one attached hydrogen (secondary N) is 1. The van der Waals surface area contributed by atoms with Gasteiger partial charge in [-0.1, -0.05) is 24.6 Å². The van der Waals surface area contributed by atoms with Crippen LogP contribution in [0.5, 0.6) is 0 Å². The van der Waals surface area contributed by atoms with Crippen LogP contribution in [0.3, 0.4) is 0 Å². The Balaban J connectivity index is 1.30. The number of amides is 1. The van der Waals surface area contributed by atoms with Crippen molar-refractivity contribution >= 4 is 5.91 Å². The highest BCUT2D eigenvalue weighted by molar-refractivity contribution is 5.84. The summed E-state index contributed by atoms with van der Waals surface area (Å²) < 4.78 is 53.4. The molecule has 2 aromatic rings. The fourth-order valence-corrected chi connectivity index (χ4v) is 6.11. The molecule has 0 saturated heterocycles. The van der Waals surface area contributed by atoms with E-state index in [1.807, 2.05) is 6.07 Å². The zero-order chi connectivity index (χ0) is 23.2. The van der Waals surface area contributed by atoms with Gasteiger partial charge in [0.05, 0.1) is 11.0 Å². The van der Waals surface area contributed by atoms with Gasteiger partial charge in [-0.3, -0.25) is 9.78 Å². The van der Waals surface area contributed by atoms with Gasteiger partial charge >= 0.3 is 6.18 Å². The first-order chi connectivity index (χ1) is 15.8. The van der Waals surface area contributed by atoms with Crippen LogP contribution in [0.1, 0.15) is 54.5 Å². The molecule has 2 heterocycles. The summed E-state index contributed by atoms with van der Waals surface area (Å²) in [6, 6.07) is 7.93. The van der Waals surface area contributed by atoms with Gasteiger partial charge in [-0.15, -0.1) is 0 Å². The quantitative estimate of drug-likeness (QED) is 0.662. The average Bonchev–Trinajstić information content (AvgIpc) is 3.35. The number of benzene rings is 1. The number of hydrogen-bond donors (Lipinski definition) is 1. The van der Waals surface area contributed by atoms with E-state index >= 15 is 0 Å². The zero-order valence-corrected chi connectivity index (χ0v) is 18.3. The van der Waals surface area contributed by atoms with Crippen LogP contribution < -0.4 is 5.32 Å². The minimum Gasteiger partial charge on any atom is -0.337 e. The Kier molecular flexibility index (Phi) is 5.67. The maximum absolute atomic E-state index is 14.0. The second-order valence-electron chi connectivity index (χ2n) is 9.66. The van der Waals surface area contributed by atoms with E-state index in [0.29, 0.717) is 42.8 Å². The molecule has 2 saturated carbocycles. The number of aromatic nitrogens is 1. The Hall–Kier alpha value is -2.48. The van der Waals surface area contributed by atoms with Crippen LogP contribution in [-0.2, 0) is 30.5 Å². The number of nitrogens with zero attached hydrogens (tertiary/aromatic N) is 2. The van der Waals surface area contributed by atoms with E-state index in [9.17, 15) is 22.4 Å². The van der Waals surface area contributed by atoms with Crippen molar-refractivity contribution in [3.8, 4) is 0 Å². The van der Waals surface area contributed by atoms with E-state index in [4.69, 9.17) is 0 Å². The second kappa shape index (κ2) is 8.38. The third kappa shape index (κ3) is 4.14. The summed E-state index contributed by atoms with van der Waals surface area (Å²) in [6.07, 6.45) is 1.22. The lowest BCUT2D eigenvalue weighted by atomic mass is 9.78. The van der Waals surface area contributed by atoms with Crippen LogP contribution in [0.2, 0.25) is 0 Å². The van der Waals surface area contributed by atoms with Gasteiger partial charge in [0.25, 0.3) is 0 Å². The summed E-state index contributed by atoms with van der Waals surface area (Å²) in [6.45, 7) is 1.07. The Bertz CT molecular complexity index is 1060. The molecule has 1 aromatic heterocycles. The van der Waals surface area contributed by atoms with E-state index in [-0.39, 0.29) is 30.2 Å². The topological polar surface area (TPSA) is 45.2 Å². The number of halogens is 4. The molecule has 2 fully saturated rings. The minimum absolute atomic E-state index is 0.0586. The summed E-state index contributed by atoms with van der Waals surface area (Å²) in [7, 11) is 0. The predicted octanol–water partition coefficient (Wildman–Crippen LogP) is 4.86. The van der Waals surface area contributed by atoms with Crippen molar-refractivity contribution < 1.29 is 22.4 Å². The molecular formula is C25H27F4N3O. The summed E-state index contributed by atoms with van der Waals surface area (Å²) in [5.41, 5.74) is 0.492. The Morgan fingerprint density at radius 3 is 2.88 bits per heavy atom. The first-order valence-corrected chi connectivity index (χ1v) is 11.6. The molecule has 2 aliphatic carbocycles. The molecule has 3 unspecified atom stereocenters. The molecule has 3 aliphatic rings. The van der Waals surface area contributed by atoms with Gasteiger partial charge in [-0.25, -0.2) is 4.39 Å². The molecule has 33 heavy (non-hydrogen) atoms. The molecule has 0 radical (unpaired) electrons. The molecule has 0 bridgehead atoms. The Morgan fingerprint density at radius 2 is 2.09 bits per heavy atom. The van der Waals surface area contributed by atoms with Gasteiger partial charge in [0.1, 0.15) is 5.82 Å². The maximum Gasteiger partial charge on any atom is 0.417 e. The maximum atomic E-state index is 14.0. The summed E-state index contributed by atoms with van der Waals surface area (Å²) in [5, 5.41) is 3.44. The smallest absolute Gasteiger partial charge is 0.337 e. The van der Waals surface area contributed by atoms with Gasteiger partial charge in [0.2, 0.25) is 5.91 Å². The Labute approximate surface area is 190 Å². The fraction of sp³-hybridized carbons (Fsp3) is 0.520. The van der Waals surface area contributed by atoms with Gasteiger partial charge in [0.15, 0.2) is 0 Å². The van der Waals surface area contributed by atoms with Gasteiger partial charge in [0, 0.05) is 49.6 Å². The molecule has 176 valence electrons. The second-order valence-corrected chi connectivity index (χ2v) is 9.66. The van der Waals surface area contributed by atoms with Crippen LogP contribution in [0, 0.1) is 17.2 Å². The van der Waals surface area contributed by atoms with E-state index in [2.05, 4.69) is 10.3 Å². The van der Waals surface area contributed by atoms with Gasteiger partial charge in [-0.2, -0.15) is 13.2 Å². The van der Waals surface area contributed by atoms with Crippen molar-refractivity contribution in [2.24, 2.45) is 11.3 Å². The highest BCUT2D eigenvalue weighted by Crippen LogP contribution is 2.55. The van der Waals surface area contributed by atoms with E-state index in [1.54, 1.807) is 17.0 Å². The molecule has 4 nitrogen and oxygen atoms in total. The average molecular weight is 462 g/mol. The van der Waals surface area contributed by atoms with Crippen molar-refractivity contribution in [1.82, 2.24) is 15.2 Å². The van der Waals surface area contributed by atoms with Crippen LogP contribution in [-0.4, -0.2) is 28.4 Å². The first-order valence-electron chi connectivity index (χ1n) is 11.6. The molecule has 8 heteroatoms. The molecule has 1 amide bonds. The lowest BCUT2D eigenvalue weighted by Crippen LogP contribution is -2.46. The number of pyridine rings is 1. The highest BCUT2D eigenvalue weighted by atomic mass is 19.4. The van der Waals surface area contributed by atoms with Gasteiger partial charge in [-0.05, 0) is 49.3 Å². The molecule has 0 spiro atoms. The lowest BCUT2D eigenvalue weighted by Gasteiger charge is -2.37. The third-order valence-electron chi connectivity index (χ3n) is 7.76. The van der Waals surface area contributed by atoms with Crippen molar-refractivity contribution in [2.45, 2.75) is 63.8 Å². The van der Waals surface area contributed by atoms with E-state index in [0.717, 1.165) is 37.9 Å². The lowest BCUT2D eigenvalue weighted by molar-refractivity contribution is -0.144. The largest absolute Gasteiger partial charge is 0.417 e. The number of alkyl halides is 3. The molecule has 1 N–H and O–H groups in total. The third-order valence-corrected chi connectivity index (χ3v) is 7.76. The van der Waals surface area contributed by atoms with Crippen molar-refractivity contribution in [2.75, 3.05) is 6.54 Å². The van der Waals surface area contributed by atoms with E-state index < -0.39 is 17.2 Å². The monoisotopic (exact) mass is 461 g/mol. The number of hydrogen-bond acceptors (Lipinski definition) is 3. The molecular weight excluding hydrogens is 434 g/mol. The van der Waals surface area contributed by atoms with Crippen molar-refractivity contribution in [1.29, 1.82) is 0 Å². The van der Waals surface area contributed by atoms with Crippen molar-refractivity contribution in [3.05, 3.63) is 64.7 Å². The number of carbonyl (C=O) groups is 1. The summed E-state index contributed by atoms with van der Waals surface area (Å²) in [5.74, 6) is 0.0696. The Morgan fingerprint density at radius 1 is 1.27 bits per heavy atom. The van der Waals surface area contributed by atoms with E-state index in [1.165, 1.54) is 6.07 Å². The van der Waals surface area contributed by atoms with Crippen LogP contribution in [0.4, 0.5) is 17.6 Å².